The van der Waals surface area contributed by atoms with E-state index in [1.807, 2.05) is 5.32 Å². The van der Waals surface area contributed by atoms with Crippen LogP contribution < -0.4 is 10.4 Å². The minimum Gasteiger partial charge on any atom is -0.547 e. The number of carboxylic acids is 1. The van der Waals surface area contributed by atoms with Crippen molar-refractivity contribution in [3.05, 3.63) is 0 Å². The summed E-state index contributed by atoms with van der Waals surface area (Å²) in [4.78, 5) is 33.1. The predicted molar refractivity (Wildman–Crippen MR) is 54.8 cm³/mol. The molecule has 0 aliphatic rings. The Balaban J connectivity index is 4.51. The van der Waals surface area contributed by atoms with Crippen molar-refractivity contribution >= 4 is 18.0 Å². The van der Waals surface area contributed by atoms with Gasteiger partial charge in [0.1, 0.15) is 5.60 Å². The quantitative estimate of drug-likeness (QED) is 0.514. The Hall–Kier alpha value is -1.79. The summed E-state index contributed by atoms with van der Waals surface area (Å²) in [6.07, 6.45) is -1.03. The topological polar surface area (TPSA) is 105 Å². The number of esters is 1. The van der Waals surface area contributed by atoms with E-state index in [4.69, 9.17) is 4.74 Å². The number of hydrogen-bond donors (Lipinski definition) is 1. The maximum Gasteiger partial charge on any atom is 0.408 e. The molecule has 0 radical (unpaired) electrons. The number of rotatable bonds is 4. The Morgan fingerprint density at radius 1 is 1.29 bits per heavy atom. The minimum absolute atomic E-state index is 0.00138. The van der Waals surface area contributed by atoms with Gasteiger partial charge in [-0.15, -0.1) is 0 Å². The van der Waals surface area contributed by atoms with Gasteiger partial charge >= 0.3 is 12.1 Å². The number of carboxylic acid groups (broad SMARTS) is 1. The highest BCUT2D eigenvalue weighted by atomic mass is 16.6. The van der Waals surface area contributed by atoms with E-state index in [1.54, 1.807) is 20.8 Å². The van der Waals surface area contributed by atoms with Crippen molar-refractivity contribution in [2.75, 3.05) is 6.61 Å². The fraction of sp³-hybridized carbons (Fsp3) is 0.700. The molecule has 0 saturated heterocycles. The highest BCUT2D eigenvalue weighted by Gasteiger charge is 2.26. The van der Waals surface area contributed by atoms with E-state index in [9.17, 15) is 19.5 Å². The van der Waals surface area contributed by atoms with Gasteiger partial charge in [0.2, 0.25) is 0 Å². The zero-order valence-corrected chi connectivity index (χ0v) is 10.2. The second-order valence-corrected chi connectivity index (χ2v) is 4.15. The molecule has 0 unspecified atom stereocenters. The van der Waals surface area contributed by atoms with Crippen LogP contribution in [0.2, 0.25) is 0 Å². The summed E-state index contributed by atoms with van der Waals surface area (Å²) >= 11 is 0. The maximum atomic E-state index is 11.3. The molecule has 0 bridgehead atoms. The molecule has 1 amide bonds. The number of aliphatic carboxylic acids is 1. The van der Waals surface area contributed by atoms with Crippen molar-refractivity contribution in [2.45, 2.75) is 39.3 Å². The van der Waals surface area contributed by atoms with E-state index in [-0.39, 0.29) is 6.61 Å². The summed E-state index contributed by atoms with van der Waals surface area (Å²) in [5.41, 5.74) is -0.796. The Morgan fingerprint density at radius 3 is 2.18 bits per heavy atom. The smallest absolute Gasteiger partial charge is 0.408 e. The molecule has 1 atom stereocenters. The van der Waals surface area contributed by atoms with Crippen molar-refractivity contribution in [3.63, 3.8) is 0 Å². The molecule has 0 aromatic carbocycles. The molecule has 0 aliphatic heterocycles. The molecule has 0 aromatic heterocycles. The lowest BCUT2D eigenvalue weighted by Gasteiger charge is -2.23. The number of carbonyl (C=O) groups is 3. The van der Waals surface area contributed by atoms with Crippen LogP contribution in [-0.2, 0) is 19.1 Å². The molecule has 0 aromatic rings. The van der Waals surface area contributed by atoms with Crippen LogP contribution in [0, 0.1) is 0 Å². The van der Waals surface area contributed by atoms with Crippen LogP contribution in [0.15, 0.2) is 0 Å². The molecule has 17 heavy (non-hydrogen) atoms. The first-order chi connectivity index (χ1) is 7.67. The third-order valence-electron chi connectivity index (χ3n) is 1.42. The Kier molecular flexibility index (Phi) is 5.43. The predicted octanol–water partition coefficient (Wildman–Crippen LogP) is -0.807. The number of alkyl carbamates (subject to hydrolysis) is 1. The largest absolute Gasteiger partial charge is 0.547 e. The Labute approximate surface area is 99.1 Å². The summed E-state index contributed by atoms with van der Waals surface area (Å²) in [6.45, 7) is 6.32. The van der Waals surface area contributed by atoms with Crippen LogP contribution in [-0.4, -0.2) is 36.3 Å². The summed E-state index contributed by atoms with van der Waals surface area (Å²) < 4.78 is 9.26. The second kappa shape index (κ2) is 6.07. The van der Waals surface area contributed by atoms with Crippen molar-refractivity contribution in [1.82, 2.24) is 5.32 Å². The molecule has 0 fully saturated rings. The monoisotopic (exact) mass is 246 g/mol. The lowest BCUT2D eigenvalue weighted by atomic mass is 10.2. The van der Waals surface area contributed by atoms with Crippen LogP contribution in [0.4, 0.5) is 4.79 Å². The summed E-state index contributed by atoms with van der Waals surface area (Å²) in [5, 5.41) is 12.5. The fourth-order valence-electron chi connectivity index (χ4n) is 0.865. The number of carbonyl (C=O) groups excluding carboxylic acids is 3. The van der Waals surface area contributed by atoms with E-state index in [0.717, 1.165) is 0 Å². The molecule has 0 heterocycles. The molecule has 98 valence electrons. The Morgan fingerprint density at radius 2 is 1.82 bits per heavy atom. The molecule has 0 spiro atoms. The van der Waals surface area contributed by atoms with Crippen LogP contribution in [0.3, 0.4) is 0 Å². The van der Waals surface area contributed by atoms with E-state index < -0.39 is 29.7 Å². The van der Waals surface area contributed by atoms with Gasteiger partial charge in [0.15, 0.2) is 6.04 Å². The minimum atomic E-state index is -1.87. The molecule has 0 rings (SSSR count). The highest BCUT2D eigenvalue weighted by Crippen LogP contribution is 2.06. The van der Waals surface area contributed by atoms with Gasteiger partial charge in [-0.05, 0) is 27.7 Å². The average Bonchev–Trinajstić information content (AvgIpc) is 2.11. The summed E-state index contributed by atoms with van der Waals surface area (Å²) in [7, 11) is 0. The van der Waals surface area contributed by atoms with Gasteiger partial charge in [-0.1, -0.05) is 0 Å². The van der Waals surface area contributed by atoms with Crippen molar-refractivity contribution in [1.29, 1.82) is 0 Å². The SMILES string of the molecule is CCOC(=O)[C@@H](NC(=O)OC(C)(C)C)C(=O)[O-]. The molecule has 0 saturated carbocycles. The maximum absolute atomic E-state index is 11.3. The zero-order valence-electron chi connectivity index (χ0n) is 10.2. The number of ether oxygens (including phenoxy) is 2. The van der Waals surface area contributed by atoms with Gasteiger partial charge in [0, 0.05) is 0 Å². The first-order valence-corrected chi connectivity index (χ1v) is 5.04. The van der Waals surface area contributed by atoms with Gasteiger partial charge in [0.25, 0.3) is 0 Å². The van der Waals surface area contributed by atoms with E-state index >= 15 is 0 Å². The molecule has 0 aliphatic carbocycles. The normalized spacial score (nSPS) is 12.5. The molecular weight excluding hydrogens is 230 g/mol. The van der Waals surface area contributed by atoms with Gasteiger partial charge in [-0.3, -0.25) is 0 Å². The van der Waals surface area contributed by atoms with Gasteiger partial charge in [-0.2, -0.15) is 0 Å². The van der Waals surface area contributed by atoms with Crippen molar-refractivity contribution in [2.24, 2.45) is 0 Å². The number of nitrogens with one attached hydrogen (secondary N) is 1. The van der Waals surface area contributed by atoms with Crippen LogP contribution >= 0.6 is 0 Å². The van der Waals surface area contributed by atoms with Gasteiger partial charge < -0.3 is 24.7 Å². The van der Waals surface area contributed by atoms with Crippen LogP contribution in [0.25, 0.3) is 0 Å². The first kappa shape index (κ1) is 15.2. The van der Waals surface area contributed by atoms with Gasteiger partial charge in [0.05, 0.1) is 12.6 Å². The third kappa shape index (κ3) is 6.39. The lowest BCUT2D eigenvalue weighted by molar-refractivity contribution is -0.307. The molecule has 7 heteroatoms. The number of amides is 1. The number of hydrogen-bond acceptors (Lipinski definition) is 6. The van der Waals surface area contributed by atoms with Gasteiger partial charge in [-0.25, -0.2) is 9.59 Å². The average molecular weight is 246 g/mol. The molecule has 1 N–H and O–H groups in total. The second-order valence-electron chi connectivity index (χ2n) is 4.15. The third-order valence-corrected chi connectivity index (χ3v) is 1.42. The Bertz CT molecular complexity index is 306. The van der Waals surface area contributed by atoms with Crippen LogP contribution in [0.5, 0.6) is 0 Å². The molecule has 7 nitrogen and oxygen atoms in total. The van der Waals surface area contributed by atoms with E-state index in [2.05, 4.69) is 4.74 Å². The zero-order chi connectivity index (χ0) is 13.6. The lowest BCUT2D eigenvalue weighted by Crippen LogP contribution is -2.54. The summed E-state index contributed by atoms with van der Waals surface area (Å²) in [5.74, 6) is -2.85. The van der Waals surface area contributed by atoms with E-state index in [1.165, 1.54) is 6.92 Å². The van der Waals surface area contributed by atoms with Crippen molar-refractivity contribution < 1.29 is 29.0 Å². The standard InChI is InChI=1S/C10H17NO6/c1-5-16-8(14)6(7(12)13)11-9(15)17-10(2,3)4/h6H,5H2,1-4H3,(H,11,15)(H,12,13)/p-1/t6-/m0/s1. The van der Waals surface area contributed by atoms with E-state index in [0.29, 0.717) is 0 Å². The first-order valence-electron chi connectivity index (χ1n) is 5.04. The van der Waals surface area contributed by atoms with Crippen LogP contribution in [0.1, 0.15) is 27.7 Å². The fourth-order valence-corrected chi connectivity index (χ4v) is 0.865. The summed E-state index contributed by atoms with van der Waals surface area (Å²) in [6, 6.07) is -1.87. The highest BCUT2D eigenvalue weighted by molar-refractivity contribution is 5.99. The molecular formula is C10H16NO6-. The van der Waals surface area contributed by atoms with Crippen molar-refractivity contribution in [3.8, 4) is 0 Å².